The fraction of sp³-hybridized carbons (Fsp3) is 0.538. The van der Waals surface area contributed by atoms with Gasteiger partial charge in [0.2, 0.25) is 0 Å². The molecule has 0 saturated carbocycles. The lowest BCUT2D eigenvalue weighted by atomic mass is 10.1. The molecule has 0 aromatic heterocycles. The Bertz CT molecular complexity index is 291. The molecule has 0 bridgehead atoms. The van der Waals surface area contributed by atoms with Crippen molar-refractivity contribution in [3.63, 3.8) is 0 Å². The standard InChI is InChI=1S/C13H21NOS/c1-11(16-4)14(2)10-13(15-3)12-8-6-5-7-9-12/h5-9,11,13H,10H2,1-4H3. The summed E-state index contributed by atoms with van der Waals surface area (Å²) in [6.07, 6.45) is 2.28. The summed E-state index contributed by atoms with van der Waals surface area (Å²) in [6.45, 7) is 3.13. The molecule has 0 saturated heterocycles. The highest BCUT2D eigenvalue weighted by molar-refractivity contribution is 7.99. The number of nitrogens with zero attached hydrogens (tertiary/aromatic N) is 1. The van der Waals surface area contributed by atoms with Gasteiger partial charge >= 0.3 is 0 Å². The SMILES string of the molecule is COC(CN(C)C(C)SC)c1ccccc1. The highest BCUT2D eigenvalue weighted by Gasteiger charge is 2.15. The third-order valence-electron chi connectivity index (χ3n) is 2.87. The van der Waals surface area contributed by atoms with E-state index in [2.05, 4.69) is 49.4 Å². The lowest BCUT2D eigenvalue weighted by Crippen LogP contribution is -2.31. The second-order valence-electron chi connectivity index (χ2n) is 3.91. The summed E-state index contributed by atoms with van der Waals surface area (Å²) in [5, 5.41) is 0.515. The Kier molecular flexibility index (Phi) is 5.88. The van der Waals surface area contributed by atoms with E-state index in [4.69, 9.17) is 4.74 Å². The lowest BCUT2D eigenvalue weighted by Gasteiger charge is -2.27. The molecule has 1 aromatic rings. The van der Waals surface area contributed by atoms with Gasteiger partial charge in [0, 0.05) is 13.7 Å². The maximum Gasteiger partial charge on any atom is 0.0948 e. The first-order valence-corrected chi connectivity index (χ1v) is 6.78. The molecule has 3 heteroatoms. The van der Waals surface area contributed by atoms with Gasteiger partial charge in [0.05, 0.1) is 11.5 Å². The third-order valence-corrected chi connectivity index (χ3v) is 3.91. The van der Waals surface area contributed by atoms with Crippen LogP contribution in [0.25, 0.3) is 0 Å². The largest absolute Gasteiger partial charge is 0.375 e. The van der Waals surface area contributed by atoms with Crippen LogP contribution in [0, 0.1) is 0 Å². The van der Waals surface area contributed by atoms with Gasteiger partial charge in [0.15, 0.2) is 0 Å². The minimum atomic E-state index is 0.154. The Balaban J connectivity index is 2.62. The Hall–Kier alpha value is -0.510. The normalized spacial score (nSPS) is 15.1. The minimum absolute atomic E-state index is 0.154. The average molecular weight is 239 g/mol. The zero-order valence-corrected chi connectivity index (χ0v) is 11.3. The van der Waals surface area contributed by atoms with Crippen LogP contribution < -0.4 is 0 Å². The zero-order chi connectivity index (χ0) is 12.0. The Morgan fingerprint density at radius 2 is 1.94 bits per heavy atom. The van der Waals surface area contributed by atoms with Crippen LogP contribution in [0.4, 0.5) is 0 Å². The molecule has 0 aliphatic heterocycles. The van der Waals surface area contributed by atoms with Gasteiger partial charge in [-0.05, 0) is 25.8 Å². The predicted molar refractivity (Wildman–Crippen MR) is 71.8 cm³/mol. The van der Waals surface area contributed by atoms with Gasteiger partial charge in [-0.25, -0.2) is 0 Å². The maximum absolute atomic E-state index is 5.55. The van der Waals surface area contributed by atoms with Crippen LogP contribution >= 0.6 is 11.8 Å². The molecule has 0 fully saturated rings. The van der Waals surface area contributed by atoms with Gasteiger partial charge < -0.3 is 4.74 Å². The highest BCUT2D eigenvalue weighted by atomic mass is 32.2. The van der Waals surface area contributed by atoms with E-state index in [0.29, 0.717) is 5.37 Å². The number of likely N-dealkylation sites (N-methyl/N-ethyl adjacent to an activating group) is 1. The number of methoxy groups -OCH3 is 1. The van der Waals surface area contributed by atoms with Gasteiger partial charge in [-0.15, -0.1) is 11.8 Å². The van der Waals surface area contributed by atoms with Gasteiger partial charge in [-0.2, -0.15) is 0 Å². The van der Waals surface area contributed by atoms with E-state index in [1.54, 1.807) is 7.11 Å². The molecule has 0 N–H and O–H groups in total. The van der Waals surface area contributed by atoms with Crippen molar-refractivity contribution in [1.29, 1.82) is 0 Å². The van der Waals surface area contributed by atoms with Crippen molar-refractivity contribution >= 4 is 11.8 Å². The molecule has 0 heterocycles. The molecule has 0 aliphatic carbocycles. The fourth-order valence-electron chi connectivity index (χ4n) is 1.57. The summed E-state index contributed by atoms with van der Waals surface area (Å²) in [4.78, 5) is 2.31. The first kappa shape index (κ1) is 13.6. The van der Waals surface area contributed by atoms with Crippen LogP contribution in [0.15, 0.2) is 30.3 Å². The number of ether oxygens (including phenoxy) is 1. The van der Waals surface area contributed by atoms with E-state index >= 15 is 0 Å². The molecule has 1 aromatic carbocycles. The summed E-state index contributed by atoms with van der Waals surface area (Å²) in [7, 11) is 3.91. The predicted octanol–water partition coefficient (Wildman–Crippen LogP) is 3.01. The summed E-state index contributed by atoms with van der Waals surface area (Å²) < 4.78 is 5.55. The summed E-state index contributed by atoms with van der Waals surface area (Å²) in [5.74, 6) is 0. The lowest BCUT2D eigenvalue weighted by molar-refractivity contribution is 0.0701. The summed E-state index contributed by atoms with van der Waals surface area (Å²) in [5.41, 5.74) is 1.24. The smallest absolute Gasteiger partial charge is 0.0948 e. The average Bonchev–Trinajstić information content (AvgIpc) is 2.35. The van der Waals surface area contributed by atoms with Crippen LogP contribution in [0.3, 0.4) is 0 Å². The first-order chi connectivity index (χ1) is 7.69. The molecule has 0 aliphatic rings. The molecule has 0 spiro atoms. The highest BCUT2D eigenvalue weighted by Crippen LogP contribution is 2.20. The molecule has 0 radical (unpaired) electrons. The Morgan fingerprint density at radius 1 is 1.31 bits per heavy atom. The van der Waals surface area contributed by atoms with Gasteiger partial charge in [-0.1, -0.05) is 30.3 Å². The number of benzene rings is 1. The van der Waals surface area contributed by atoms with Gasteiger partial charge in [-0.3, -0.25) is 4.90 Å². The molecular formula is C13H21NOS. The monoisotopic (exact) mass is 239 g/mol. The minimum Gasteiger partial charge on any atom is -0.375 e. The van der Waals surface area contributed by atoms with E-state index in [1.165, 1.54) is 5.56 Å². The Labute approximate surface area is 103 Å². The first-order valence-electron chi connectivity index (χ1n) is 5.49. The van der Waals surface area contributed by atoms with Crippen molar-refractivity contribution in [2.45, 2.75) is 18.4 Å². The molecule has 1 rings (SSSR count). The van der Waals surface area contributed by atoms with Gasteiger partial charge in [0.1, 0.15) is 0 Å². The van der Waals surface area contributed by atoms with E-state index in [1.807, 2.05) is 17.8 Å². The van der Waals surface area contributed by atoms with Crippen molar-refractivity contribution in [2.75, 3.05) is 27.0 Å². The number of hydrogen-bond acceptors (Lipinski definition) is 3. The Morgan fingerprint density at radius 3 is 2.44 bits per heavy atom. The molecule has 2 unspecified atom stereocenters. The molecule has 16 heavy (non-hydrogen) atoms. The summed E-state index contributed by atoms with van der Waals surface area (Å²) in [6, 6.07) is 10.4. The molecule has 2 atom stereocenters. The van der Waals surface area contributed by atoms with Crippen LogP contribution in [0.2, 0.25) is 0 Å². The van der Waals surface area contributed by atoms with Crippen LogP contribution in [-0.4, -0.2) is 37.2 Å². The zero-order valence-electron chi connectivity index (χ0n) is 10.5. The number of hydrogen-bond donors (Lipinski definition) is 0. The van der Waals surface area contributed by atoms with Crippen molar-refractivity contribution in [2.24, 2.45) is 0 Å². The molecule has 90 valence electrons. The van der Waals surface area contributed by atoms with Crippen LogP contribution in [-0.2, 0) is 4.74 Å². The number of thioether (sulfide) groups is 1. The number of rotatable bonds is 6. The maximum atomic E-state index is 5.55. The molecular weight excluding hydrogens is 218 g/mol. The topological polar surface area (TPSA) is 12.5 Å². The summed E-state index contributed by atoms with van der Waals surface area (Å²) >= 11 is 1.85. The van der Waals surface area contributed by atoms with Crippen molar-refractivity contribution in [3.05, 3.63) is 35.9 Å². The van der Waals surface area contributed by atoms with E-state index in [0.717, 1.165) is 6.54 Å². The fourth-order valence-corrected chi connectivity index (χ4v) is 2.02. The second kappa shape index (κ2) is 6.94. The second-order valence-corrected chi connectivity index (χ2v) is 5.06. The van der Waals surface area contributed by atoms with Crippen molar-refractivity contribution < 1.29 is 4.74 Å². The van der Waals surface area contributed by atoms with Crippen molar-refractivity contribution in [1.82, 2.24) is 4.90 Å². The van der Waals surface area contributed by atoms with E-state index in [-0.39, 0.29) is 6.10 Å². The van der Waals surface area contributed by atoms with Gasteiger partial charge in [0.25, 0.3) is 0 Å². The van der Waals surface area contributed by atoms with Crippen LogP contribution in [0.1, 0.15) is 18.6 Å². The van der Waals surface area contributed by atoms with E-state index in [9.17, 15) is 0 Å². The van der Waals surface area contributed by atoms with E-state index < -0.39 is 0 Å². The third kappa shape index (κ3) is 3.81. The quantitative estimate of drug-likeness (QED) is 0.708. The molecule has 0 amide bonds. The molecule has 2 nitrogen and oxygen atoms in total. The van der Waals surface area contributed by atoms with Crippen molar-refractivity contribution in [3.8, 4) is 0 Å². The van der Waals surface area contributed by atoms with Crippen LogP contribution in [0.5, 0.6) is 0 Å².